The second-order valence-electron chi connectivity index (χ2n) is 3.42. The average Bonchev–Trinajstić information content (AvgIpc) is 2.25. The zero-order valence-corrected chi connectivity index (χ0v) is 8.77. The van der Waals surface area contributed by atoms with Gasteiger partial charge in [-0.25, -0.2) is 4.79 Å². The van der Waals surface area contributed by atoms with E-state index in [1.54, 1.807) is 0 Å². The Morgan fingerprint density at radius 1 is 1.56 bits per heavy atom. The molecular weight excluding hydrogens is 236 g/mol. The number of thioether (sulfide) groups is 1. The van der Waals surface area contributed by atoms with Crippen LogP contribution in [0.3, 0.4) is 0 Å². The fourth-order valence-corrected chi connectivity index (χ4v) is 3.09. The van der Waals surface area contributed by atoms with Gasteiger partial charge in [0.05, 0.1) is 5.75 Å². The number of fused-ring (bicyclic) bond motifs is 1. The molecule has 2 unspecified atom stereocenters. The Bertz CT molecular complexity index is 385. The van der Waals surface area contributed by atoms with Gasteiger partial charge in [0.25, 0.3) is 0 Å². The molecule has 2 aliphatic rings. The minimum atomic E-state index is -1.40. The number of rotatable bonds is 3. The third-order valence-corrected chi connectivity index (χ3v) is 3.83. The topological polar surface area (TPSA) is 104 Å². The van der Waals surface area contributed by atoms with Crippen LogP contribution >= 0.6 is 11.8 Å². The minimum absolute atomic E-state index is 0.0441. The van der Waals surface area contributed by atoms with Crippen LogP contribution in [0.1, 0.15) is 0 Å². The predicted molar refractivity (Wildman–Crippen MR) is 52.5 cm³/mol. The van der Waals surface area contributed by atoms with Gasteiger partial charge >= 0.3 is 5.97 Å². The van der Waals surface area contributed by atoms with E-state index < -0.39 is 35.1 Å². The molecule has 8 heteroatoms. The summed E-state index contributed by atoms with van der Waals surface area (Å²) in [5, 5.41) is 10.7. The molecule has 0 aromatic heterocycles. The third-order valence-electron chi connectivity index (χ3n) is 2.54. The van der Waals surface area contributed by atoms with Crippen LogP contribution in [-0.4, -0.2) is 57.3 Å². The highest BCUT2D eigenvalue weighted by Gasteiger charge is 2.57. The van der Waals surface area contributed by atoms with Crippen LogP contribution in [0.4, 0.5) is 0 Å². The van der Waals surface area contributed by atoms with Gasteiger partial charge in [-0.1, -0.05) is 0 Å². The maximum atomic E-state index is 11.5. The Morgan fingerprint density at radius 3 is 2.81 bits per heavy atom. The van der Waals surface area contributed by atoms with Gasteiger partial charge in [0.15, 0.2) is 11.8 Å². The maximum Gasteiger partial charge on any atom is 0.334 e. The van der Waals surface area contributed by atoms with Gasteiger partial charge < -0.3 is 15.3 Å². The molecule has 0 aliphatic carbocycles. The number of ketones is 1. The number of nitrogens with zero attached hydrogens (tertiary/aromatic N) is 1. The maximum absolute atomic E-state index is 11.5. The average molecular weight is 244 g/mol. The second kappa shape index (κ2) is 3.78. The van der Waals surface area contributed by atoms with E-state index in [1.165, 1.54) is 0 Å². The van der Waals surface area contributed by atoms with Crippen molar-refractivity contribution in [1.29, 1.82) is 0 Å². The number of carbonyl (C=O) groups is 4. The molecule has 0 aromatic rings. The quantitative estimate of drug-likeness (QED) is 0.339. The smallest absolute Gasteiger partial charge is 0.334 e. The van der Waals surface area contributed by atoms with E-state index in [-0.39, 0.29) is 5.75 Å². The van der Waals surface area contributed by atoms with Crippen LogP contribution in [0.5, 0.6) is 0 Å². The molecule has 2 saturated heterocycles. The molecule has 2 N–H and O–H groups in total. The summed E-state index contributed by atoms with van der Waals surface area (Å²) in [7, 11) is 0. The molecule has 2 heterocycles. The minimum Gasteiger partial charge on any atom is -0.479 e. The summed E-state index contributed by atoms with van der Waals surface area (Å²) < 4.78 is 0. The first kappa shape index (κ1) is 10.9. The molecule has 0 saturated carbocycles. The lowest BCUT2D eigenvalue weighted by molar-refractivity contribution is -0.164. The fourth-order valence-electron chi connectivity index (χ4n) is 1.82. The second-order valence-corrected chi connectivity index (χ2v) is 4.52. The van der Waals surface area contributed by atoms with Crippen molar-refractivity contribution in [3.63, 3.8) is 0 Å². The van der Waals surface area contributed by atoms with E-state index in [2.05, 4.69) is 5.32 Å². The van der Waals surface area contributed by atoms with Gasteiger partial charge in [0.1, 0.15) is 11.4 Å². The Balaban J connectivity index is 2.19. The molecule has 7 nitrogen and oxygen atoms in total. The lowest BCUT2D eigenvalue weighted by atomic mass is 10.0. The summed E-state index contributed by atoms with van der Waals surface area (Å²) >= 11 is 1.16. The van der Waals surface area contributed by atoms with Gasteiger partial charge in [-0.05, 0) is 0 Å². The van der Waals surface area contributed by atoms with Crippen molar-refractivity contribution in [1.82, 2.24) is 10.2 Å². The molecule has 2 rings (SSSR count). The third kappa shape index (κ3) is 1.37. The fraction of sp³-hybridized carbons (Fsp3) is 0.500. The van der Waals surface area contributed by atoms with Crippen molar-refractivity contribution in [3.05, 3.63) is 0 Å². The van der Waals surface area contributed by atoms with Crippen molar-refractivity contribution in [2.24, 2.45) is 0 Å². The largest absolute Gasteiger partial charge is 0.479 e. The van der Waals surface area contributed by atoms with Crippen molar-refractivity contribution in [2.45, 2.75) is 17.5 Å². The van der Waals surface area contributed by atoms with E-state index in [9.17, 15) is 19.2 Å². The van der Waals surface area contributed by atoms with Crippen LogP contribution in [0.15, 0.2) is 0 Å². The number of amides is 2. The Labute approximate surface area is 94.2 Å². The van der Waals surface area contributed by atoms with Crippen molar-refractivity contribution in [3.8, 4) is 0 Å². The number of carbonyl (C=O) groups excluding carboxylic acids is 3. The first-order valence-corrected chi connectivity index (χ1v) is 5.52. The van der Waals surface area contributed by atoms with Crippen LogP contribution in [-0.2, 0) is 19.2 Å². The zero-order chi connectivity index (χ0) is 11.9. The number of carboxylic acids is 1. The number of carboxylic acid groups (broad SMARTS) is 1. The van der Waals surface area contributed by atoms with Crippen LogP contribution < -0.4 is 5.32 Å². The Hall–Kier alpha value is -1.57. The van der Waals surface area contributed by atoms with Gasteiger partial charge in [-0.2, -0.15) is 0 Å². The molecule has 2 fully saturated rings. The van der Waals surface area contributed by atoms with E-state index in [1.807, 2.05) is 0 Å². The number of aliphatic carboxylic acids is 1. The van der Waals surface area contributed by atoms with E-state index in [0.29, 0.717) is 6.41 Å². The first-order chi connectivity index (χ1) is 7.57. The van der Waals surface area contributed by atoms with Crippen LogP contribution in [0.2, 0.25) is 0 Å². The van der Waals surface area contributed by atoms with E-state index >= 15 is 0 Å². The van der Waals surface area contributed by atoms with Gasteiger partial charge in [0.2, 0.25) is 12.3 Å². The highest BCUT2D eigenvalue weighted by molar-refractivity contribution is 8.00. The van der Waals surface area contributed by atoms with E-state index in [4.69, 9.17) is 5.11 Å². The molecule has 0 bridgehead atoms. The molecule has 0 spiro atoms. The number of β-lactam (4-membered cyclic amide) rings is 1. The molecule has 16 heavy (non-hydrogen) atoms. The van der Waals surface area contributed by atoms with Crippen molar-refractivity contribution >= 4 is 35.8 Å². The standard InChI is InChI=1S/C8H8N2O5S/c11-2-9-4-6(13)10-5(8(14)15)3(12)1-16-7(4)10/h2,4-5,7H,1H2,(H,9,11)(H,14,15)/t4?,5?,7-/m0/s1. The molecule has 2 aliphatic heterocycles. The first-order valence-electron chi connectivity index (χ1n) is 4.47. The summed E-state index contributed by atoms with van der Waals surface area (Å²) in [5.74, 6) is -2.30. The monoisotopic (exact) mass is 244 g/mol. The number of hydrogen-bond acceptors (Lipinski definition) is 5. The predicted octanol–water partition coefficient (Wildman–Crippen LogP) is -1.96. The summed E-state index contributed by atoms with van der Waals surface area (Å²) in [6.07, 6.45) is 0.396. The normalized spacial score (nSPS) is 32.8. The summed E-state index contributed by atoms with van der Waals surface area (Å²) in [4.78, 5) is 45.0. The highest BCUT2D eigenvalue weighted by atomic mass is 32.2. The van der Waals surface area contributed by atoms with Crippen LogP contribution in [0.25, 0.3) is 0 Å². The van der Waals surface area contributed by atoms with Crippen molar-refractivity contribution < 1.29 is 24.3 Å². The molecule has 2 amide bonds. The molecule has 3 atom stereocenters. The van der Waals surface area contributed by atoms with Gasteiger partial charge in [-0.15, -0.1) is 11.8 Å². The van der Waals surface area contributed by atoms with Gasteiger partial charge in [0, 0.05) is 0 Å². The molecule has 0 aromatic carbocycles. The van der Waals surface area contributed by atoms with Crippen molar-refractivity contribution in [2.75, 3.05) is 5.75 Å². The van der Waals surface area contributed by atoms with Gasteiger partial charge in [-0.3, -0.25) is 14.4 Å². The Kier molecular flexibility index (Phi) is 2.58. The Morgan fingerprint density at radius 2 is 2.25 bits per heavy atom. The molecule has 0 radical (unpaired) electrons. The highest BCUT2D eigenvalue weighted by Crippen LogP contribution is 2.36. The summed E-state index contributed by atoms with van der Waals surface area (Å²) in [6.45, 7) is 0. The lowest BCUT2D eigenvalue weighted by Crippen LogP contribution is -2.75. The zero-order valence-electron chi connectivity index (χ0n) is 7.95. The number of nitrogens with one attached hydrogen (secondary N) is 1. The SMILES string of the molecule is O=CNC1C(=O)N2C(C(=O)O)C(=O)CS[C@@H]12. The molecular formula is C8H8N2O5S. The van der Waals surface area contributed by atoms with Crippen LogP contribution in [0, 0.1) is 0 Å². The number of Topliss-reactive ketones (excluding diaryl/α,β-unsaturated/α-hetero) is 1. The number of hydrogen-bond donors (Lipinski definition) is 2. The van der Waals surface area contributed by atoms with E-state index in [0.717, 1.165) is 16.7 Å². The summed E-state index contributed by atoms with van der Waals surface area (Å²) in [6, 6.07) is -2.11. The lowest BCUT2D eigenvalue weighted by Gasteiger charge is -2.50. The molecule has 86 valence electrons. The summed E-state index contributed by atoms with van der Waals surface area (Å²) in [5.41, 5.74) is 0.